The lowest BCUT2D eigenvalue weighted by atomic mass is 9.79. The fourth-order valence-electron chi connectivity index (χ4n) is 8.09. The monoisotopic (exact) mass is 664 g/mol. The molecule has 4 fully saturated rings. The fraction of sp³-hybridized carbons (Fsp3) is 0.667. The summed E-state index contributed by atoms with van der Waals surface area (Å²) in [6.07, 6.45) is 16.7. The van der Waals surface area contributed by atoms with E-state index in [4.69, 9.17) is 11.6 Å². The Hall–Kier alpha value is -2.49. The van der Waals surface area contributed by atoms with Gasteiger partial charge in [-0.25, -0.2) is 0 Å². The summed E-state index contributed by atoms with van der Waals surface area (Å²) in [5, 5.41) is 4.83. The molecule has 0 aromatic carbocycles. The van der Waals surface area contributed by atoms with Crippen LogP contribution in [-0.2, 0) is 12.8 Å². The quantitative estimate of drug-likeness (QED) is 0.286. The van der Waals surface area contributed by atoms with E-state index >= 15 is 0 Å². The fourth-order valence-corrected chi connectivity index (χ4v) is 8.95. The van der Waals surface area contributed by atoms with Crippen LogP contribution in [0.15, 0.2) is 36.7 Å². The van der Waals surface area contributed by atoms with E-state index in [-0.39, 0.29) is 0 Å². The van der Waals surface area contributed by atoms with E-state index in [1.165, 1.54) is 112 Å². The Morgan fingerprint density at radius 3 is 1.46 bits per heavy atom. The van der Waals surface area contributed by atoms with Crippen molar-refractivity contribution < 1.29 is 0 Å². The van der Waals surface area contributed by atoms with Crippen molar-refractivity contribution in [2.75, 3.05) is 67.1 Å². The molecule has 0 bridgehead atoms. The van der Waals surface area contributed by atoms with Gasteiger partial charge >= 0.3 is 0 Å². The van der Waals surface area contributed by atoms with Crippen molar-refractivity contribution in [2.45, 2.75) is 78.1 Å². The highest BCUT2D eigenvalue weighted by atomic mass is 35.5. The highest BCUT2D eigenvalue weighted by Gasteiger charge is 2.31. The van der Waals surface area contributed by atoms with Crippen LogP contribution >= 0.6 is 23.1 Å². The van der Waals surface area contributed by atoms with Crippen molar-refractivity contribution in [3.05, 3.63) is 53.3 Å². The summed E-state index contributed by atoms with van der Waals surface area (Å²) in [7, 11) is 0. The second-order valence-electron chi connectivity index (χ2n) is 13.6. The lowest BCUT2D eigenvalue weighted by Gasteiger charge is -2.40. The molecule has 250 valence electrons. The van der Waals surface area contributed by atoms with Gasteiger partial charge in [0.05, 0.1) is 23.8 Å². The zero-order valence-corrected chi connectivity index (χ0v) is 29.5. The minimum atomic E-state index is 0.376. The molecule has 4 aliphatic rings. The summed E-state index contributed by atoms with van der Waals surface area (Å²) < 4.78 is 4.09. The maximum atomic E-state index is 5.86. The molecule has 7 rings (SSSR count). The Kier molecular flexibility index (Phi) is 12.0. The number of anilines is 3. The molecule has 1 N–H and O–H groups in total. The zero-order chi connectivity index (χ0) is 31.7. The smallest absolute Gasteiger partial charge is 0.236 e. The lowest BCUT2D eigenvalue weighted by Crippen LogP contribution is -2.41. The number of halogens is 1. The number of pyridine rings is 2. The summed E-state index contributed by atoms with van der Waals surface area (Å²) in [6, 6.07) is 8.82. The largest absolute Gasteiger partial charge is 0.370 e. The van der Waals surface area contributed by atoms with Gasteiger partial charge in [-0.15, -0.1) is 0 Å². The van der Waals surface area contributed by atoms with E-state index in [1.807, 2.05) is 6.20 Å². The molecule has 8 nitrogen and oxygen atoms in total. The molecule has 0 radical (unpaired) electrons. The van der Waals surface area contributed by atoms with Crippen molar-refractivity contribution >= 4 is 39.6 Å². The third-order valence-electron chi connectivity index (χ3n) is 11.1. The maximum absolute atomic E-state index is 5.86. The molecule has 46 heavy (non-hydrogen) atoms. The number of aromatic nitrogens is 4. The van der Waals surface area contributed by atoms with Crippen LogP contribution in [0.25, 0.3) is 0 Å². The SMILES string of the molecule is CCc1ccc(N2CCC(C3CCN(c4nc(Cl)ns4)CC3)CC2)cn1.CCc1ccc(N2CCC(C3CCNCC3)CC2)cn1. The second kappa shape index (κ2) is 16.6. The van der Waals surface area contributed by atoms with E-state index in [2.05, 4.69) is 83.7 Å². The predicted molar refractivity (Wildman–Crippen MR) is 193 cm³/mol. The lowest BCUT2D eigenvalue weighted by molar-refractivity contribution is 0.222. The minimum absolute atomic E-state index is 0.376. The first-order valence-electron chi connectivity index (χ1n) is 17.9. The van der Waals surface area contributed by atoms with Crippen molar-refractivity contribution in [3.8, 4) is 0 Å². The third kappa shape index (κ3) is 8.70. The number of nitrogens with zero attached hydrogens (tertiary/aromatic N) is 7. The Morgan fingerprint density at radius 1 is 0.652 bits per heavy atom. The number of hydrogen-bond donors (Lipinski definition) is 1. The van der Waals surface area contributed by atoms with Crippen LogP contribution in [0.1, 0.15) is 76.6 Å². The molecule has 0 aliphatic carbocycles. The van der Waals surface area contributed by atoms with Crippen LogP contribution < -0.4 is 20.0 Å². The Labute approximate surface area is 285 Å². The molecular formula is C36H53ClN8S. The van der Waals surface area contributed by atoms with Gasteiger partial charge in [-0.05, 0) is 137 Å². The number of hydrogen-bond acceptors (Lipinski definition) is 9. The van der Waals surface area contributed by atoms with Gasteiger partial charge in [-0.3, -0.25) is 9.97 Å². The van der Waals surface area contributed by atoms with Crippen LogP contribution in [0.5, 0.6) is 0 Å². The van der Waals surface area contributed by atoms with Crippen LogP contribution in [0.2, 0.25) is 5.28 Å². The van der Waals surface area contributed by atoms with Gasteiger partial charge in [-0.2, -0.15) is 9.36 Å². The average molecular weight is 665 g/mol. The Bertz CT molecular complexity index is 1300. The van der Waals surface area contributed by atoms with Crippen molar-refractivity contribution in [1.29, 1.82) is 0 Å². The first-order chi connectivity index (χ1) is 22.6. The number of piperidine rings is 4. The van der Waals surface area contributed by atoms with E-state index < -0.39 is 0 Å². The molecule has 4 saturated heterocycles. The normalized spacial score (nSPS) is 20.9. The van der Waals surface area contributed by atoms with Crippen LogP contribution in [0, 0.1) is 23.7 Å². The summed E-state index contributed by atoms with van der Waals surface area (Å²) in [4.78, 5) is 20.8. The molecule has 0 atom stereocenters. The average Bonchev–Trinajstić information content (AvgIpc) is 3.58. The van der Waals surface area contributed by atoms with E-state index in [0.29, 0.717) is 5.28 Å². The molecule has 0 saturated carbocycles. The van der Waals surface area contributed by atoms with E-state index in [1.54, 1.807) is 0 Å². The Morgan fingerprint density at radius 2 is 1.09 bits per heavy atom. The molecule has 3 aromatic rings. The summed E-state index contributed by atoms with van der Waals surface area (Å²) >= 11 is 7.28. The molecule has 0 unspecified atom stereocenters. The van der Waals surface area contributed by atoms with Gasteiger partial charge in [0.2, 0.25) is 10.4 Å². The summed E-state index contributed by atoms with van der Waals surface area (Å²) in [5.74, 6) is 3.63. The zero-order valence-electron chi connectivity index (χ0n) is 27.9. The molecular weight excluding hydrogens is 612 g/mol. The van der Waals surface area contributed by atoms with E-state index in [9.17, 15) is 0 Å². The maximum Gasteiger partial charge on any atom is 0.236 e. The molecule has 4 aliphatic heterocycles. The van der Waals surface area contributed by atoms with Gasteiger partial charge in [0.1, 0.15) is 0 Å². The van der Waals surface area contributed by atoms with Gasteiger partial charge in [0.15, 0.2) is 0 Å². The minimum Gasteiger partial charge on any atom is -0.370 e. The van der Waals surface area contributed by atoms with Crippen molar-refractivity contribution in [1.82, 2.24) is 24.6 Å². The van der Waals surface area contributed by atoms with E-state index in [0.717, 1.165) is 67.8 Å². The highest BCUT2D eigenvalue weighted by Crippen LogP contribution is 2.36. The molecule has 0 amide bonds. The Balaban J connectivity index is 0.000000167. The van der Waals surface area contributed by atoms with Gasteiger partial charge < -0.3 is 20.0 Å². The summed E-state index contributed by atoms with van der Waals surface area (Å²) in [5.41, 5.74) is 4.96. The van der Waals surface area contributed by atoms with Crippen LogP contribution in [0.3, 0.4) is 0 Å². The van der Waals surface area contributed by atoms with Gasteiger partial charge in [-0.1, -0.05) is 13.8 Å². The van der Waals surface area contributed by atoms with Crippen molar-refractivity contribution in [2.24, 2.45) is 23.7 Å². The third-order valence-corrected chi connectivity index (χ3v) is 12.1. The molecule has 10 heteroatoms. The number of nitrogens with one attached hydrogen (secondary N) is 1. The van der Waals surface area contributed by atoms with Gasteiger partial charge in [0, 0.05) is 62.2 Å². The molecule has 7 heterocycles. The topological polar surface area (TPSA) is 73.3 Å². The number of aryl methyl sites for hydroxylation is 2. The number of rotatable bonds is 7. The van der Waals surface area contributed by atoms with Crippen molar-refractivity contribution in [3.63, 3.8) is 0 Å². The molecule has 3 aromatic heterocycles. The predicted octanol–water partition coefficient (Wildman–Crippen LogP) is 7.14. The first-order valence-corrected chi connectivity index (χ1v) is 19.1. The highest BCUT2D eigenvalue weighted by molar-refractivity contribution is 7.10. The standard InChI is InChI=1S/C19H26ClN5S.C17H27N3/c1-2-16-3-4-17(13-21-16)24-9-5-14(6-10-24)15-7-11-25(12-8-15)19-22-18(20)23-26-19;1-2-16-3-4-17(13-19-16)20-11-7-15(8-12-20)14-5-9-18-10-6-14/h3-4,13-15H,2,5-12H2,1H3;3-4,13-15,18H,2,5-12H2,1H3. The first kappa shape index (κ1) is 33.4. The van der Waals surface area contributed by atoms with Crippen LogP contribution in [0.4, 0.5) is 16.5 Å². The summed E-state index contributed by atoms with van der Waals surface area (Å²) in [6.45, 7) is 13.7. The second-order valence-corrected chi connectivity index (χ2v) is 14.7. The molecule has 0 spiro atoms. The van der Waals surface area contributed by atoms with Gasteiger partial charge in [0.25, 0.3) is 0 Å². The van der Waals surface area contributed by atoms with Crippen LogP contribution in [-0.4, -0.2) is 71.7 Å².